The zero-order valence-electron chi connectivity index (χ0n) is 18.7. The summed E-state index contributed by atoms with van der Waals surface area (Å²) in [4.78, 5) is 9.29. The number of nitrogens with zero attached hydrogens (tertiary/aromatic N) is 2. The van der Waals surface area contributed by atoms with Crippen LogP contribution in [0, 0.1) is 41.5 Å². The van der Waals surface area contributed by atoms with Gasteiger partial charge in [-0.25, -0.2) is 0 Å². The van der Waals surface area contributed by atoms with E-state index in [1.807, 2.05) is 12.4 Å². The lowest BCUT2D eigenvalue weighted by Crippen LogP contribution is -1.94. The Morgan fingerprint density at radius 3 is 1.13 bits per heavy atom. The van der Waals surface area contributed by atoms with Crippen LogP contribution in [0.3, 0.4) is 0 Å². The van der Waals surface area contributed by atoms with E-state index in [0.717, 1.165) is 11.4 Å². The molecule has 0 fully saturated rings. The van der Waals surface area contributed by atoms with Gasteiger partial charge in [0.25, 0.3) is 0 Å². The van der Waals surface area contributed by atoms with E-state index in [2.05, 4.69) is 100 Å². The van der Waals surface area contributed by atoms with Crippen LogP contribution in [0.25, 0.3) is 33.6 Å². The van der Waals surface area contributed by atoms with Crippen molar-refractivity contribution >= 4 is 0 Å². The molecule has 4 rings (SSSR count). The van der Waals surface area contributed by atoms with E-state index >= 15 is 0 Å². The van der Waals surface area contributed by atoms with Crippen LogP contribution in [0.4, 0.5) is 0 Å². The number of aromatic nitrogens is 2. The van der Waals surface area contributed by atoms with Gasteiger partial charge in [0.2, 0.25) is 0 Å². The van der Waals surface area contributed by atoms with E-state index in [4.69, 9.17) is 0 Å². The Morgan fingerprint density at radius 1 is 0.467 bits per heavy atom. The molecule has 4 aromatic rings. The Hall–Kier alpha value is -3.26. The highest BCUT2D eigenvalue weighted by atomic mass is 14.8. The normalized spacial score (nSPS) is 11.0. The summed E-state index contributed by atoms with van der Waals surface area (Å²) in [5, 5.41) is 0. The standard InChI is InChI=1S/C28H28N2/c1-17-11-19(3)27(20(4)12-17)23-7-9-29-25(15-23)26-16-24(8-10-30-26)28-21(5)13-18(2)14-22(28)6/h7-16H,1-6H3. The predicted octanol–water partition coefficient (Wildman–Crippen LogP) is 7.33. The quantitative estimate of drug-likeness (QED) is 0.365. The fourth-order valence-corrected chi connectivity index (χ4v) is 4.72. The third-order valence-electron chi connectivity index (χ3n) is 5.71. The Bertz CT molecular complexity index is 1110. The van der Waals surface area contributed by atoms with Gasteiger partial charge >= 0.3 is 0 Å². The monoisotopic (exact) mass is 392 g/mol. The van der Waals surface area contributed by atoms with Crippen molar-refractivity contribution in [3.8, 4) is 33.6 Å². The van der Waals surface area contributed by atoms with E-state index in [1.165, 1.54) is 55.6 Å². The van der Waals surface area contributed by atoms with Gasteiger partial charge in [-0.15, -0.1) is 0 Å². The van der Waals surface area contributed by atoms with Gasteiger partial charge in [-0.05, 0) is 110 Å². The van der Waals surface area contributed by atoms with E-state index in [1.54, 1.807) is 0 Å². The largest absolute Gasteiger partial charge is 0.255 e. The molecule has 0 radical (unpaired) electrons. The second-order valence-electron chi connectivity index (χ2n) is 8.41. The first-order valence-electron chi connectivity index (χ1n) is 10.4. The number of hydrogen-bond donors (Lipinski definition) is 0. The maximum absolute atomic E-state index is 4.64. The fraction of sp³-hybridized carbons (Fsp3) is 0.214. The summed E-state index contributed by atoms with van der Waals surface area (Å²) in [6.07, 6.45) is 3.78. The molecule has 0 atom stereocenters. The Morgan fingerprint density at radius 2 is 0.800 bits per heavy atom. The molecule has 150 valence electrons. The molecule has 0 aliphatic carbocycles. The average molecular weight is 393 g/mol. The van der Waals surface area contributed by atoms with Crippen molar-refractivity contribution in [1.29, 1.82) is 0 Å². The first kappa shape index (κ1) is 20.0. The summed E-state index contributed by atoms with van der Waals surface area (Å²) in [6.45, 7) is 13.0. The molecule has 2 aromatic carbocycles. The van der Waals surface area contributed by atoms with Crippen molar-refractivity contribution in [2.75, 3.05) is 0 Å². The van der Waals surface area contributed by atoms with Crippen LogP contribution in [0.1, 0.15) is 33.4 Å². The first-order valence-corrected chi connectivity index (χ1v) is 10.4. The Kier molecular flexibility index (Phi) is 5.26. The highest BCUT2D eigenvalue weighted by molar-refractivity contribution is 5.77. The highest BCUT2D eigenvalue weighted by Gasteiger charge is 2.12. The minimum absolute atomic E-state index is 0.899. The van der Waals surface area contributed by atoms with Crippen LogP contribution in [0.2, 0.25) is 0 Å². The van der Waals surface area contributed by atoms with Gasteiger partial charge in [-0.1, -0.05) is 35.4 Å². The summed E-state index contributed by atoms with van der Waals surface area (Å²) in [6, 6.07) is 17.5. The van der Waals surface area contributed by atoms with E-state index in [9.17, 15) is 0 Å². The molecular weight excluding hydrogens is 364 g/mol. The molecule has 0 amide bonds. The lowest BCUT2D eigenvalue weighted by atomic mass is 9.92. The molecular formula is C28H28N2. The van der Waals surface area contributed by atoms with Gasteiger partial charge in [-0.2, -0.15) is 0 Å². The molecule has 30 heavy (non-hydrogen) atoms. The van der Waals surface area contributed by atoms with Crippen molar-refractivity contribution in [2.24, 2.45) is 0 Å². The van der Waals surface area contributed by atoms with Gasteiger partial charge in [0.1, 0.15) is 0 Å². The van der Waals surface area contributed by atoms with Crippen molar-refractivity contribution < 1.29 is 0 Å². The minimum atomic E-state index is 0.899. The third-order valence-corrected chi connectivity index (χ3v) is 5.71. The van der Waals surface area contributed by atoms with E-state index < -0.39 is 0 Å². The topological polar surface area (TPSA) is 25.8 Å². The zero-order chi connectivity index (χ0) is 21.4. The summed E-state index contributed by atoms with van der Waals surface area (Å²) in [7, 11) is 0. The second-order valence-corrected chi connectivity index (χ2v) is 8.41. The van der Waals surface area contributed by atoms with Crippen molar-refractivity contribution in [3.63, 3.8) is 0 Å². The molecule has 0 saturated heterocycles. The van der Waals surface area contributed by atoms with Crippen molar-refractivity contribution in [1.82, 2.24) is 9.97 Å². The number of pyridine rings is 2. The SMILES string of the molecule is Cc1cc(C)c(-c2ccnc(-c3cc(-c4c(C)cc(C)cc4C)ccn3)c2)c(C)c1. The van der Waals surface area contributed by atoms with Gasteiger partial charge in [0, 0.05) is 12.4 Å². The second kappa shape index (κ2) is 7.87. The number of aryl methyl sites for hydroxylation is 6. The van der Waals surface area contributed by atoms with Crippen molar-refractivity contribution in [3.05, 3.63) is 94.3 Å². The van der Waals surface area contributed by atoms with Crippen LogP contribution in [-0.4, -0.2) is 9.97 Å². The molecule has 0 spiro atoms. The molecule has 0 N–H and O–H groups in total. The number of rotatable bonds is 3. The lowest BCUT2D eigenvalue weighted by Gasteiger charge is -2.14. The van der Waals surface area contributed by atoms with Gasteiger partial charge in [0.05, 0.1) is 11.4 Å². The van der Waals surface area contributed by atoms with Gasteiger partial charge in [-0.3, -0.25) is 9.97 Å². The highest BCUT2D eigenvalue weighted by Crippen LogP contribution is 2.33. The molecule has 0 saturated carbocycles. The minimum Gasteiger partial charge on any atom is -0.255 e. The van der Waals surface area contributed by atoms with Crippen LogP contribution in [-0.2, 0) is 0 Å². The molecule has 2 heteroatoms. The lowest BCUT2D eigenvalue weighted by molar-refractivity contribution is 1.24. The summed E-state index contributed by atoms with van der Waals surface area (Å²) < 4.78 is 0. The molecule has 0 unspecified atom stereocenters. The molecule has 2 aromatic heterocycles. The number of benzene rings is 2. The van der Waals surface area contributed by atoms with E-state index in [-0.39, 0.29) is 0 Å². The van der Waals surface area contributed by atoms with Gasteiger partial charge in [0.15, 0.2) is 0 Å². The van der Waals surface area contributed by atoms with Crippen LogP contribution in [0.15, 0.2) is 60.9 Å². The fourth-order valence-electron chi connectivity index (χ4n) is 4.72. The van der Waals surface area contributed by atoms with Gasteiger partial charge < -0.3 is 0 Å². The third kappa shape index (κ3) is 3.78. The van der Waals surface area contributed by atoms with Crippen molar-refractivity contribution in [2.45, 2.75) is 41.5 Å². The first-order chi connectivity index (χ1) is 14.3. The Balaban J connectivity index is 1.81. The van der Waals surface area contributed by atoms with Crippen LogP contribution >= 0.6 is 0 Å². The van der Waals surface area contributed by atoms with E-state index in [0.29, 0.717) is 0 Å². The van der Waals surface area contributed by atoms with Crippen LogP contribution < -0.4 is 0 Å². The molecule has 2 heterocycles. The average Bonchev–Trinajstić information content (AvgIpc) is 2.67. The maximum Gasteiger partial charge on any atom is 0.0892 e. The Labute approximate surface area is 179 Å². The molecule has 2 nitrogen and oxygen atoms in total. The molecule has 0 bridgehead atoms. The molecule has 0 aliphatic rings. The number of hydrogen-bond acceptors (Lipinski definition) is 2. The summed E-state index contributed by atoms with van der Waals surface area (Å²) in [5.74, 6) is 0. The summed E-state index contributed by atoms with van der Waals surface area (Å²) >= 11 is 0. The predicted molar refractivity (Wildman–Crippen MR) is 127 cm³/mol. The summed E-state index contributed by atoms with van der Waals surface area (Å²) in [5.41, 5.74) is 14.5. The maximum atomic E-state index is 4.64. The molecule has 0 aliphatic heterocycles. The smallest absolute Gasteiger partial charge is 0.0892 e. The zero-order valence-corrected chi connectivity index (χ0v) is 18.7. The van der Waals surface area contributed by atoms with Crippen LogP contribution in [0.5, 0.6) is 0 Å².